The molecule has 1 aromatic heterocycles. The van der Waals surface area contributed by atoms with Gasteiger partial charge in [0.1, 0.15) is 21.8 Å². The average molecular weight is 408 g/mol. The topological polar surface area (TPSA) is 65.4 Å². The van der Waals surface area contributed by atoms with Crippen LogP contribution in [0.3, 0.4) is 0 Å². The van der Waals surface area contributed by atoms with Crippen LogP contribution in [0.5, 0.6) is 11.5 Å². The molecular formula is C18H22BrN3O3. The number of carbonyl (C=O) groups is 1. The Balaban J connectivity index is 1.82. The molecule has 6 nitrogen and oxygen atoms in total. The average Bonchev–Trinajstić information content (AvgIpc) is 3.10. The lowest BCUT2D eigenvalue weighted by Crippen LogP contribution is -2.20. The van der Waals surface area contributed by atoms with Crippen LogP contribution in [-0.2, 0) is 0 Å². The Morgan fingerprint density at radius 2 is 1.84 bits per heavy atom. The standard InChI is InChI=1S/C18H22BrN3O3/c1-24-14-10-12(11-15(25-2)17(14)19)18(23)21-16-8-9-20-22(16)13-6-4-3-5-7-13/h8-11,13H,3-7H2,1-2H3,(H,21,23). The van der Waals surface area contributed by atoms with Crippen LogP contribution in [0.25, 0.3) is 0 Å². The molecule has 1 saturated carbocycles. The summed E-state index contributed by atoms with van der Waals surface area (Å²) < 4.78 is 13.2. The molecule has 0 unspecified atom stereocenters. The molecule has 0 saturated heterocycles. The third kappa shape index (κ3) is 3.81. The summed E-state index contributed by atoms with van der Waals surface area (Å²) >= 11 is 3.41. The van der Waals surface area contributed by atoms with Crippen molar-refractivity contribution in [1.29, 1.82) is 0 Å². The fraction of sp³-hybridized carbons (Fsp3) is 0.444. The van der Waals surface area contributed by atoms with Gasteiger partial charge in [0.15, 0.2) is 0 Å². The number of hydrogen-bond donors (Lipinski definition) is 1. The van der Waals surface area contributed by atoms with E-state index in [0.717, 1.165) is 18.7 Å². The van der Waals surface area contributed by atoms with Crippen LogP contribution in [0.1, 0.15) is 48.5 Å². The van der Waals surface area contributed by atoms with Gasteiger partial charge in [-0.3, -0.25) is 4.79 Å². The predicted octanol–water partition coefficient (Wildman–Crippen LogP) is 4.42. The quantitative estimate of drug-likeness (QED) is 0.796. The summed E-state index contributed by atoms with van der Waals surface area (Å²) in [5.74, 6) is 1.59. The van der Waals surface area contributed by atoms with Gasteiger partial charge >= 0.3 is 0 Å². The lowest BCUT2D eigenvalue weighted by Gasteiger charge is -2.24. The second kappa shape index (κ2) is 7.91. The zero-order valence-corrected chi connectivity index (χ0v) is 16.0. The maximum atomic E-state index is 12.7. The van der Waals surface area contributed by atoms with Crippen molar-refractivity contribution in [3.8, 4) is 11.5 Å². The summed E-state index contributed by atoms with van der Waals surface area (Å²) in [6.45, 7) is 0. The van der Waals surface area contributed by atoms with Crippen molar-refractivity contribution in [2.24, 2.45) is 0 Å². The highest BCUT2D eigenvalue weighted by Gasteiger charge is 2.20. The van der Waals surface area contributed by atoms with Gasteiger partial charge in [0.05, 0.1) is 26.5 Å². The highest BCUT2D eigenvalue weighted by atomic mass is 79.9. The van der Waals surface area contributed by atoms with Gasteiger partial charge in [0, 0.05) is 11.6 Å². The van der Waals surface area contributed by atoms with Gasteiger partial charge in [0.2, 0.25) is 0 Å². The Morgan fingerprint density at radius 3 is 2.44 bits per heavy atom. The molecule has 1 heterocycles. The molecule has 3 rings (SSSR count). The van der Waals surface area contributed by atoms with Crippen LogP contribution in [-0.4, -0.2) is 29.9 Å². The summed E-state index contributed by atoms with van der Waals surface area (Å²) in [5, 5.41) is 7.37. The summed E-state index contributed by atoms with van der Waals surface area (Å²) in [4.78, 5) is 12.7. The van der Waals surface area contributed by atoms with E-state index in [1.807, 2.05) is 10.7 Å². The van der Waals surface area contributed by atoms with Crippen molar-refractivity contribution >= 4 is 27.7 Å². The van der Waals surface area contributed by atoms with Crippen molar-refractivity contribution in [1.82, 2.24) is 9.78 Å². The number of benzene rings is 1. The number of carbonyl (C=O) groups excluding carboxylic acids is 1. The maximum Gasteiger partial charge on any atom is 0.257 e. The predicted molar refractivity (Wildman–Crippen MR) is 99.5 cm³/mol. The number of anilines is 1. The Bertz CT molecular complexity index is 729. The molecule has 0 atom stereocenters. The molecule has 1 fully saturated rings. The van der Waals surface area contributed by atoms with Gasteiger partial charge in [-0.2, -0.15) is 5.10 Å². The van der Waals surface area contributed by atoms with E-state index in [-0.39, 0.29) is 5.91 Å². The van der Waals surface area contributed by atoms with E-state index in [1.54, 1.807) is 32.5 Å². The number of ether oxygens (including phenoxy) is 2. The number of nitrogens with zero attached hydrogens (tertiary/aromatic N) is 2. The number of aromatic nitrogens is 2. The molecule has 0 spiro atoms. The van der Waals surface area contributed by atoms with Crippen molar-refractivity contribution in [3.63, 3.8) is 0 Å². The SMILES string of the molecule is COc1cc(C(=O)Nc2ccnn2C2CCCCC2)cc(OC)c1Br. The van der Waals surface area contributed by atoms with Gasteiger partial charge < -0.3 is 14.8 Å². The number of rotatable bonds is 5. The first-order valence-electron chi connectivity index (χ1n) is 8.40. The van der Waals surface area contributed by atoms with E-state index >= 15 is 0 Å². The van der Waals surface area contributed by atoms with Crippen molar-refractivity contribution in [3.05, 3.63) is 34.4 Å². The lowest BCUT2D eigenvalue weighted by atomic mass is 9.96. The van der Waals surface area contributed by atoms with Gasteiger partial charge in [-0.1, -0.05) is 19.3 Å². The highest BCUT2D eigenvalue weighted by Crippen LogP contribution is 2.36. The van der Waals surface area contributed by atoms with Crippen LogP contribution in [0.2, 0.25) is 0 Å². The molecule has 1 aliphatic rings. The fourth-order valence-corrected chi connectivity index (χ4v) is 3.77. The first-order chi connectivity index (χ1) is 12.1. The normalized spacial score (nSPS) is 15.0. The Labute approximate surface area is 155 Å². The third-order valence-corrected chi connectivity index (χ3v) is 5.32. The van der Waals surface area contributed by atoms with Gasteiger partial charge in [0.25, 0.3) is 5.91 Å². The van der Waals surface area contributed by atoms with Crippen LogP contribution in [0.15, 0.2) is 28.9 Å². The number of nitrogens with one attached hydrogen (secondary N) is 1. The van der Waals surface area contributed by atoms with E-state index in [2.05, 4.69) is 26.3 Å². The van der Waals surface area contributed by atoms with Crippen molar-refractivity contribution in [2.45, 2.75) is 38.1 Å². The maximum absolute atomic E-state index is 12.7. The minimum atomic E-state index is -0.221. The minimum Gasteiger partial charge on any atom is -0.495 e. The fourth-order valence-electron chi connectivity index (χ4n) is 3.22. The largest absolute Gasteiger partial charge is 0.495 e. The summed E-state index contributed by atoms with van der Waals surface area (Å²) in [7, 11) is 3.11. The van der Waals surface area contributed by atoms with E-state index in [9.17, 15) is 4.79 Å². The monoisotopic (exact) mass is 407 g/mol. The molecule has 1 N–H and O–H groups in total. The number of halogens is 1. The number of hydrogen-bond acceptors (Lipinski definition) is 4. The molecule has 0 radical (unpaired) electrons. The smallest absolute Gasteiger partial charge is 0.257 e. The molecule has 0 bridgehead atoms. The third-order valence-electron chi connectivity index (χ3n) is 4.54. The van der Waals surface area contributed by atoms with E-state index in [1.165, 1.54) is 19.3 Å². The Morgan fingerprint density at radius 1 is 1.20 bits per heavy atom. The molecule has 1 aromatic carbocycles. The van der Waals surface area contributed by atoms with Crippen LogP contribution in [0, 0.1) is 0 Å². The molecule has 25 heavy (non-hydrogen) atoms. The summed E-state index contributed by atoms with van der Waals surface area (Å²) in [6, 6.07) is 5.56. The van der Waals surface area contributed by atoms with Gasteiger partial charge in [-0.25, -0.2) is 4.68 Å². The van der Waals surface area contributed by atoms with E-state index in [4.69, 9.17) is 9.47 Å². The van der Waals surface area contributed by atoms with Crippen LogP contribution in [0.4, 0.5) is 5.82 Å². The summed E-state index contributed by atoms with van der Waals surface area (Å²) in [5.41, 5.74) is 0.466. The molecule has 0 aliphatic heterocycles. The van der Waals surface area contributed by atoms with Crippen LogP contribution < -0.4 is 14.8 Å². The number of methoxy groups -OCH3 is 2. The Kier molecular flexibility index (Phi) is 5.63. The zero-order chi connectivity index (χ0) is 17.8. The van der Waals surface area contributed by atoms with E-state index < -0.39 is 0 Å². The first kappa shape index (κ1) is 17.8. The lowest BCUT2D eigenvalue weighted by molar-refractivity contribution is 0.102. The molecule has 134 valence electrons. The van der Waals surface area contributed by atoms with E-state index in [0.29, 0.717) is 27.6 Å². The van der Waals surface area contributed by atoms with Crippen molar-refractivity contribution in [2.75, 3.05) is 19.5 Å². The van der Waals surface area contributed by atoms with Gasteiger partial charge in [-0.05, 0) is 40.9 Å². The molecule has 2 aromatic rings. The molecule has 1 amide bonds. The minimum absolute atomic E-state index is 0.221. The van der Waals surface area contributed by atoms with Gasteiger partial charge in [-0.15, -0.1) is 0 Å². The molecule has 1 aliphatic carbocycles. The first-order valence-corrected chi connectivity index (χ1v) is 9.19. The molecule has 7 heteroatoms. The highest BCUT2D eigenvalue weighted by molar-refractivity contribution is 9.10. The summed E-state index contributed by atoms with van der Waals surface area (Å²) in [6.07, 6.45) is 7.62. The van der Waals surface area contributed by atoms with Crippen molar-refractivity contribution < 1.29 is 14.3 Å². The second-order valence-electron chi connectivity index (χ2n) is 6.10. The number of amides is 1. The Hall–Kier alpha value is -2.02. The zero-order valence-electron chi connectivity index (χ0n) is 14.4. The second-order valence-corrected chi connectivity index (χ2v) is 6.89. The molecular weight excluding hydrogens is 386 g/mol. The van der Waals surface area contributed by atoms with Crippen LogP contribution >= 0.6 is 15.9 Å².